The first-order chi connectivity index (χ1) is 4.18. The van der Waals surface area contributed by atoms with Crippen LogP contribution in [0.2, 0.25) is 0 Å². The molecule has 2 atom stereocenters. The first kappa shape index (κ1) is 7.40. The van der Waals surface area contributed by atoms with Gasteiger partial charge in [-0.25, -0.2) is 0 Å². The van der Waals surface area contributed by atoms with Crippen molar-refractivity contribution in [1.82, 2.24) is 0 Å². The Morgan fingerprint density at radius 1 is 1.22 bits per heavy atom. The van der Waals surface area contributed by atoms with Crippen LogP contribution in [0.25, 0.3) is 0 Å². The van der Waals surface area contributed by atoms with Crippen LogP contribution >= 0.6 is 11.6 Å². The maximum Gasteiger partial charge on any atom is 0.0643 e. The van der Waals surface area contributed by atoms with Gasteiger partial charge in [0, 0.05) is 0 Å². The summed E-state index contributed by atoms with van der Waals surface area (Å²) in [6.07, 6.45) is 3.65. The molecule has 0 amide bonds. The summed E-state index contributed by atoms with van der Waals surface area (Å²) in [6.45, 7) is 4.55. The summed E-state index contributed by atoms with van der Waals surface area (Å²) < 4.78 is 0. The minimum absolute atomic E-state index is 0.821. The monoisotopic (exact) mass is 145 g/mol. The van der Waals surface area contributed by atoms with Crippen LogP contribution in [0.4, 0.5) is 0 Å². The van der Waals surface area contributed by atoms with E-state index in [4.69, 9.17) is 11.6 Å². The lowest BCUT2D eigenvalue weighted by Crippen LogP contribution is -2.14. The smallest absolute Gasteiger partial charge is 0.0643 e. The lowest BCUT2D eigenvalue weighted by atomic mass is 9.83. The molecule has 0 aromatic carbocycles. The molecule has 0 nitrogen and oxygen atoms in total. The lowest BCUT2D eigenvalue weighted by Gasteiger charge is -2.26. The first-order valence-corrected chi connectivity index (χ1v) is 4.06. The molecule has 0 heterocycles. The Kier molecular flexibility index (Phi) is 2.40. The van der Waals surface area contributed by atoms with Gasteiger partial charge in [0.2, 0.25) is 0 Å². The van der Waals surface area contributed by atoms with E-state index in [0.29, 0.717) is 0 Å². The Morgan fingerprint density at radius 2 is 1.67 bits per heavy atom. The van der Waals surface area contributed by atoms with Gasteiger partial charge in [-0.1, -0.05) is 13.8 Å². The minimum atomic E-state index is 0.821. The molecule has 0 saturated heterocycles. The van der Waals surface area contributed by atoms with Crippen molar-refractivity contribution in [3.63, 3.8) is 0 Å². The van der Waals surface area contributed by atoms with Gasteiger partial charge in [-0.2, -0.15) is 0 Å². The maximum atomic E-state index is 5.92. The zero-order chi connectivity index (χ0) is 6.85. The summed E-state index contributed by atoms with van der Waals surface area (Å²) in [5, 5.41) is 1.18. The van der Waals surface area contributed by atoms with E-state index >= 15 is 0 Å². The quantitative estimate of drug-likeness (QED) is 0.491. The topological polar surface area (TPSA) is 0 Å². The van der Waals surface area contributed by atoms with Crippen molar-refractivity contribution in [1.29, 1.82) is 0 Å². The van der Waals surface area contributed by atoms with Crippen LogP contribution in [0.1, 0.15) is 33.1 Å². The molecule has 1 fully saturated rings. The predicted molar refractivity (Wildman–Crippen MR) is 41.3 cm³/mol. The molecular formula is C8H14Cl. The van der Waals surface area contributed by atoms with Crippen molar-refractivity contribution in [2.24, 2.45) is 11.8 Å². The van der Waals surface area contributed by atoms with E-state index in [1.54, 1.807) is 0 Å². The average molecular weight is 146 g/mol. The standard InChI is InChI=1S/C8H14Cl/c1-6-3-7(2)5-8(9)4-6/h6-7H,3-5H2,1-2H3. The zero-order valence-corrected chi connectivity index (χ0v) is 6.91. The number of rotatable bonds is 0. The lowest BCUT2D eigenvalue weighted by molar-refractivity contribution is 0.344. The predicted octanol–water partition coefficient (Wildman–Crippen LogP) is 3.21. The zero-order valence-electron chi connectivity index (χ0n) is 6.15. The SMILES string of the molecule is CC1C[C](Cl)CC(C)C1. The Hall–Kier alpha value is 0.290. The number of hydrogen-bond donors (Lipinski definition) is 0. The Balaban J connectivity index is 2.34. The molecule has 1 rings (SSSR count). The summed E-state index contributed by atoms with van der Waals surface area (Å²) in [7, 11) is 0. The van der Waals surface area contributed by atoms with Gasteiger partial charge in [0.25, 0.3) is 0 Å². The molecule has 0 bridgehead atoms. The normalized spacial score (nSPS) is 39.0. The van der Waals surface area contributed by atoms with Gasteiger partial charge in [0.15, 0.2) is 0 Å². The number of hydrogen-bond acceptors (Lipinski definition) is 0. The van der Waals surface area contributed by atoms with Crippen LogP contribution in [0.5, 0.6) is 0 Å². The molecule has 0 aliphatic heterocycles. The van der Waals surface area contributed by atoms with Crippen LogP contribution in [0.15, 0.2) is 0 Å². The molecular weight excluding hydrogens is 132 g/mol. The second-order valence-electron chi connectivity index (χ2n) is 3.37. The Morgan fingerprint density at radius 3 is 2.00 bits per heavy atom. The fourth-order valence-electron chi connectivity index (χ4n) is 1.69. The van der Waals surface area contributed by atoms with Crippen LogP contribution < -0.4 is 0 Å². The van der Waals surface area contributed by atoms with E-state index < -0.39 is 0 Å². The molecule has 0 N–H and O–H groups in total. The third-order valence-electron chi connectivity index (χ3n) is 1.94. The van der Waals surface area contributed by atoms with Gasteiger partial charge in [0.1, 0.15) is 0 Å². The van der Waals surface area contributed by atoms with Crippen LogP contribution in [0, 0.1) is 17.2 Å². The van der Waals surface area contributed by atoms with Crippen molar-refractivity contribution in [3.05, 3.63) is 5.38 Å². The molecule has 2 unspecified atom stereocenters. The second kappa shape index (κ2) is 2.92. The van der Waals surface area contributed by atoms with Crippen LogP contribution in [0.3, 0.4) is 0 Å². The van der Waals surface area contributed by atoms with Crippen LogP contribution in [-0.2, 0) is 0 Å². The molecule has 1 radical (unpaired) electrons. The van der Waals surface area contributed by atoms with Gasteiger partial charge in [-0.3, -0.25) is 0 Å². The highest BCUT2D eigenvalue weighted by Gasteiger charge is 2.22. The molecule has 1 aliphatic rings. The van der Waals surface area contributed by atoms with Gasteiger partial charge >= 0.3 is 0 Å². The third-order valence-corrected chi connectivity index (χ3v) is 2.25. The maximum absolute atomic E-state index is 5.92. The molecule has 1 aliphatic carbocycles. The minimum Gasteiger partial charge on any atom is -0.117 e. The highest BCUT2D eigenvalue weighted by atomic mass is 35.5. The summed E-state index contributed by atoms with van der Waals surface area (Å²) in [5.74, 6) is 1.64. The first-order valence-electron chi connectivity index (χ1n) is 3.68. The van der Waals surface area contributed by atoms with E-state index in [9.17, 15) is 0 Å². The molecule has 0 aromatic rings. The van der Waals surface area contributed by atoms with Gasteiger partial charge in [-0.15, -0.1) is 11.6 Å². The molecule has 9 heavy (non-hydrogen) atoms. The summed E-state index contributed by atoms with van der Waals surface area (Å²) >= 11 is 5.92. The van der Waals surface area contributed by atoms with E-state index in [1.807, 2.05) is 0 Å². The average Bonchev–Trinajstić information content (AvgIpc) is 1.59. The van der Waals surface area contributed by atoms with E-state index in [0.717, 1.165) is 24.7 Å². The number of halogens is 1. The van der Waals surface area contributed by atoms with E-state index in [-0.39, 0.29) is 0 Å². The largest absolute Gasteiger partial charge is 0.117 e. The molecule has 0 aromatic heterocycles. The fourth-order valence-corrected chi connectivity index (χ4v) is 2.22. The van der Waals surface area contributed by atoms with Gasteiger partial charge < -0.3 is 0 Å². The van der Waals surface area contributed by atoms with Crippen molar-refractivity contribution in [2.45, 2.75) is 33.1 Å². The van der Waals surface area contributed by atoms with Crippen molar-refractivity contribution >= 4 is 11.6 Å². The Labute approximate surface area is 62.6 Å². The van der Waals surface area contributed by atoms with Gasteiger partial charge in [-0.05, 0) is 31.1 Å². The second-order valence-corrected chi connectivity index (χ2v) is 3.91. The molecule has 0 spiro atoms. The van der Waals surface area contributed by atoms with E-state index in [1.165, 1.54) is 11.8 Å². The molecule has 1 heteroatoms. The summed E-state index contributed by atoms with van der Waals surface area (Å²) in [5.41, 5.74) is 0. The van der Waals surface area contributed by atoms with Crippen molar-refractivity contribution in [3.8, 4) is 0 Å². The fraction of sp³-hybridized carbons (Fsp3) is 0.875. The highest BCUT2D eigenvalue weighted by Crippen LogP contribution is 2.36. The highest BCUT2D eigenvalue weighted by molar-refractivity contribution is 6.26. The van der Waals surface area contributed by atoms with E-state index in [2.05, 4.69) is 13.8 Å². The molecule has 1 saturated carbocycles. The molecule has 53 valence electrons. The van der Waals surface area contributed by atoms with Crippen molar-refractivity contribution < 1.29 is 0 Å². The summed E-state index contributed by atoms with van der Waals surface area (Å²) in [4.78, 5) is 0. The summed E-state index contributed by atoms with van der Waals surface area (Å²) in [6, 6.07) is 0. The third kappa shape index (κ3) is 2.17. The van der Waals surface area contributed by atoms with Crippen LogP contribution in [-0.4, -0.2) is 0 Å². The van der Waals surface area contributed by atoms with Crippen molar-refractivity contribution in [2.75, 3.05) is 0 Å². The van der Waals surface area contributed by atoms with Gasteiger partial charge in [0.05, 0.1) is 5.38 Å². The Bertz CT molecular complexity index is 65.5.